The fraction of sp³-hybridized carbons (Fsp3) is 0.381. The molecule has 29 heavy (non-hydrogen) atoms. The monoisotopic (exact) mass is 418 g/mol. The van der Waals surface area contributed by atoms with Gasteiger partial charge in [-0.25, -0.2) is 8.42 Å². The number of anilines is 1. The van der Waals surface area contributed by atoms with E-state index in [4.69, 9.17) is 9.47 Å². The second-order valence-electron chi connectivity index (χ2n) is 7.40. The second-order valence-corrected chi connectivity index (χ2v) is 9.31. The predicted octanol–water partition coefficient (Wildman–Crippen LogP) is 2.63. The number of carbonyl (C=O) groups excluding carboxylic acids is 1. The molecule has 1 atom stereocenters. The van der Waals surface area contributed by atoms with Gasteiger partial charge < -0.3 is 14.8 Å². The Hall–Kier alpha value is -2.74. The number of nitrogens with one attached hydrogen (secondary N) is 1. The lowest BCUT2D eigenvalue weighted by molar-refractivity contribution is -0.127. The van der Waals surface area contributed by atoms with Crippen molar-refractivity contribution in [3.8, 4) is 11.5 Å². The lowest BCUT2D eigenvalue weighted by atomic mass is 10.1. The second kappa shape index (κ2) is 8.32. The molecule has 0 fully saturated rings. The molecule has 0 aliphatic carbocycles. The third-order valence-corrected chi connectivity index (χ3v) is 5.56. The molecule has 1 amide bonds. The van der Waals surface area contributed by atoms with Gasteiger partial charge in [0.15, 0.2) is 6.10 Å². The van der Waals surface area contributed by atoms with Gasteiger partial charge in [0, 0.05) is 6.54 Å². The molecule has 1 aliphatic rings. The van der Waals surface area contributed by atoms with E-state index in [0.29, 0.717) is 11.4 Å². The molecule has 0 saturated heterocycles. The number of fused-ring (bicyclic) bond motifs is 1. The first kappa shape index (κ1) is 21.0. The third kappa shape index (κ3) is 5.20. The molecule has 1 heterocycles. The maximum atomic E-state index is 12.7. The van der Waals surface area contributed by atoms with Crippen molar-refractivity contribution in [1.29, 1.82) is 0 Å². The Kier molecular flexibility index (Phi) is 6.02. The maximum Gasteiger partial charge on any atom is 0.263 e. The van der Waals surface area contributed by atoms with E-state index in [0.717, 1.165) is 23.1 Å². The Morgan fingerprint density at radius 1 is 1.28 bits per heavy atom. The van der Waals surface area contributed by atoms with Crippen LogP contribution in [0.1, 0.15) is 25.0 Å². The molecular weight excluding hydrogens is 392 g/mol. The van der Waals surface area contributed by atoms with Gasteiger partial charge in [0.05, 0.1) is 24.6 Å². The normalized spacial score (nSPS) is 16.2. The van der Waals surface area contributed by atoms with E-state index in [1.165, 1.54) is 4.31 Å². The minimum Gasteiger partial charge on any atom is -0.491 e. The zero-order valence-corrected chi connectivity index (χ0v) is 17.8. The first-order valence-electron chi connectivity index (χ1n) is 9.42. The highest BCUT2D eigenvalue weighted by Gasteiger charge is 2.35. The highest BCUT2D eigenvalue weighted by molar-refractivity contribution is 7.92. The number of sulfonamides is 1. The largest absolute Gasteiger partial charge is 0.491 e. The van der Waals surface area contributed by atoms with Crippen molar-refractivity contribution in [3.63, 3.8) is 0 Å². The van der Waals surface area contributed by atoms with E-state index >= 15 is 0 Å². The van der Waals surface area contributed by atoms with Crippen molar-refractivity contribution < 1.29 is 22.7 Å². The molecule has 0 aromatic heterocycles. The quantitative estimate of drug-likeness (QED) is 0.780. The minimum atomic E-state index is -3.55. The summed E-state index contributed by atoms with van der Waals surface area (Å²) in [6, 6.07) is 12.7. The number of ether oxygens (including phenoxy) is 2. The van der Waals surface area contributed by atoms with E-state index < -0.39 is 16.1 Å². The number of rotatable bonds is 6. The zero-order chi connectivity index (χ0) is 21.2. The summed E-state index contributed by atoms with van der Waals surface area (Å²) < 4.78 is 37.2. The van der Waals surface area contributed by atoms with Crippen molar-refractivity contribution in [2.45, 2.75) is 39.5 Å². The van der Waals surface area contributed by atoms with Crippen LogP contribution in [0.25, 0.3) is 0 Å². The Labute approximate surface area is 171 Å². The van der Waals surface area contributed by atoms with E-state index in [1.807, 2.05) is 51.1 Å². The number of amides is 1. The molecule has 1 aliphatic heterocycles. The summed E-state index contributed by atoms with van der Waals surface area (Å²) in [5.74, 6) is 0.730. The van der Waals surface area contributed by atoms with Crippen LogP contribution < -0.4 is 19.1 Å². The van der Waals surface area contributed by atoms with Gasteiger partial charge in [-0.3, -0.25) is 9.10 Å². The SMILES string of the molecule is Cc1ccc2c(c1)N(S(C)(=O)=O)CC(C(=O)NCc1cccc(OC(C)C)c1)O2. The Balaban J connectivity index is 1.72. The van der Waals surface area contributed by atoms with Gasteiger partial charge in [0.25, 0.3) is 5.91 Å². The van der Waals surface area contributed by atoms with Crippen LogP contribution in [0.4, 0.5) is 5.69 Å². The Bertz CT molecular complexity index is 1000. The molecule has 0 spiro atoms. The molecular formula is C21H26N2O5S. The fourth-order valence-corrected chi connectivity index (χ4v) is 4.02. The van der Waals surface area contributed by atoms with Crippen molar-refractivity contribution in [1.82, 2.24) is 5.32 Å². The molecule has 0 radical (unpaired) electrons. The molecule has 8 heteroatoms. The molecule has 2 aromatic carbocycles. The van der Waals surface area contributed by atoms with Crippen LogP contribution in [0.3, 0.4) is 0 Å². The molecule has 0 bridgehead atoms. The van der Waals surface area contributed by atoms with Gasteiger partial charge in [-0.1, -0.05) is 18.2 Å². The maximum absolute atomic E-state index is 12.7. The van der Waals surface area contributed by atoms with E-state index in [1.54, 1.807) is 12.1 Å². The summed E-state index contributed by atoms with van der Waals surface area (Å²) in [7, 11) is -3.55. The van der Waals surface area contributed by atoms with Crippen LogP contribution in [0.15, 0.2) is 42.5 Å². The van der Waals surface area contributed by atoms with Crippen molar-refractivity contribution in [2.24, 2.45) is 0 Å². The summed E-state index contributed by atoms with van der Waals surface area (Å²) in [6.07, 6.45) is 0.246. The highest BCUT2D eigenvalue weighted by Crippen LogP contribution is 2.35. The van der Waals surface area contributed by atoms with Gasteiger partial charge in [-0.05, 0) is 56.2 Å². The molecule has 2 aromatic rings. The third-order valence-electron chi connectivity index (χ3n) is 4.41. The number of aryl methyl sites for hydroxylation is 1. The first-order chi connectivity index (χ1) is 13.6. The average Bonchev–Trinajstić information content (AvgIpc) is 2.64. The molecule has 156 valence electrons. The van der Waals surface area contributed by atoms with Crippen LogP contribution in [0.2, 0.25) is 0 Å². The number of benzene rings is 2. The standard InChI is InChI=1S/C21H26N2O5S/c1-14(2)27-17-7-5-6-16(11-17)12-22-21(24)20-13-23(29(4,25)26)18-10-15(3)8-9-19(18)28-20/h5-11,14,20H,12-13H2,1-4H3,(H,22,24). The Morgan fingerprint density at radius 2 is 2.03 bits per heavy atom. The summed E-state index contributed by atoms with van der Waals surface area (Å²) in [5.41, 5.74) is 2.24. The predicted molar refractivity (Wildman–Crippen MR) is 112 cm³/mol. The number of hydrogen-bond acceptors (Lipinski definition) is 5. The van der Waals surface area contributed by atoms with Gasteiger partial charge in [-0.15, -0.1) is 0 Å². The molecule has 0 saturated carbocycles. The van der Waals surface area contributed by atoms with Gasteiger partial charge >= 0.3 is 0 Å². The number of hydrogen-bond donors (Lipinski definition) is 1. The van der Waals surface area contributed by atoms with E-state index in [-0.39, 0.29) is 25.1 Å². The molecule has 1 unspecified atom stereocenters. The highest BCUT2D eigenvalue weighted by atomic mass is 32.2. The fourth-order valence-electron chi connectivity index (χ4n) is 3.12. The van der Waals surface area contributed by atoms with E-state index in [2.05, 4.69) is 5.32 Å². The van der Waals surface area contributed by atoms with Crippen LogP contribution >= 0.6 is 0 Å². The number of carbonyl (C=O) groups is 1. The lowest BCUT2D eigenvalue weighted by Crippen LogP contribution is -2.50. The number of nitrogens with zero attached hydrogens (tertiary/aromatic N) is 1. The first-order valence-corrected chi connectivity index (χ1v) is 11.3. The molecule has 1 N–H and O–H groups in total. The minimum absolute atomic E-state index is 0.0566. The van der Waals surface area contributed by atoms with E-state index in [9.17, 15) is 13.2 Å². The van der Waals surface area contributed by atoms with Crippen molar-refractivity contribution in [2.75, 3.05) is 17.1 Å². The molecule has 7 nitrogen and oxygen atoms in total. The van der Waals surface area contributed by atoms with Gasteiger partial charge in [0.1, 0.15) is 11.5 Å². The summed E-state index contributed by atoms with van der Waals surface area (Å²) >= 11 is 0. The average molecular weight is 419 g/mol. The Morgan fingerprint density at radius 3 is 2.72 bits per heavy atom. The van der Waals surface area contributed by atoms with Crippen LogP contribution in [0.5, 0.6) is 11.5 Å². The summed E-state index contributed by atoms with van der Waals surface area (Å²) in [5, 5.41) is 2.82. The van der Waals surface area contributed by atoms with Crippen LogP contribution in [0, 0.1) is 6.92 Å². The van der Waals surface area contributed by atoms with Crippen LogP contribution in [-0.4, -0.2) is 39.3 Å². The smallest absolute Gasteiger partial charge is 0.263 e. The van der Waals surface area contributed by atoms with Crippen molar-refractivity contribution >= 4 is 21.6 Å². The van der Waals surface area contributed by atoms with Gasteiger partial charge in [0.2, 0.25) is 10.0 Å². The summed E-state index contributed by atoms with van der Waals surface area (Å²) in [4.78, 5) is 12.7. The zero-order valence-electron chi connectivity index (χ0n) is 17.0. The summed E-state index contributed by atoms with van der Waals surface area (Å²) in [6.45, 7) is 5.98. The van der Waals surface area contributed by atoms with Gasteiger partial charge in [-0.2, -0.15) is 0 Å². The van der Waals surface area contributed by atoms with Crippen molar-refractivity contribution in [3.05, 3.63) is 53.6 Å². The molecule has 3 rings (SSSR count). The van der Waals surface area contributed by atoms with Crippen LogP contribution in [-0.2, 0) is 21.4 Å². The topological polar surface area (TPSA) is 84.9 Å². The lowest BCUT2D eigenvalue weighted by Gasteiger charge is -2.34.